The van der Waals surface area contributed by atoms with Crippen molar-refractivity contribution in [2.45, 2.75) is 134 Å². The molecule has 0 aliphatic heterocycles. The summed E-state index contributed by atoms with van der Waals surface area (Å²) in [6.07, 6.45) is -8.47. The van der Waals surface area contributed by atoms with Crippen molar-refractivity contribution in [3.05, 3.63) is 206 Å². The number of carboxylic acids is 1. The third-order valence-corrected chi connectivity index (χ3v) is 20.1. The summed E-state index contributed by atoms with van der Waals surface area (Å²) < 4.78 is 207. The van der Waals surface area contributed by atoms with Gasteiger partial charge in [0.1, 0.15) is 23.0 Å². The second kappa shape index (κ2) is 57.4. The minimum Gasteiger partial charge on any atom is -0.870 e. The zero-order valence-corrected chi connectivity index (χ0v) is 68.6. The molecule has 0 saturated carbocycles. The van der Waals surface area contributed by atoms with Gasteiger partial charge in [0, 0.05) is 59.3 Å². The van der Waals surface area contributed by atoms with Crippen LogP contribution in [0.1, 0.15) is 117 Å². The van der Waals surface area contributed by atoms with Gasteiger partial charge in [-0.1, -0.05) is 95.6 Å². The van der Waals surface area contributed by atoms with Gasteiger partial charge in [-0.05, 0) is 183 Å². The summed E-state index contributed by atoms with van der Waals surface area (Å²) in [5.41, 5.74) is -0.597. The van der Waals surface area contributed by atoms with E-state index in [-0.39, 0.29) is 117 Å². The summed E-state index contributed by atoms with van der Waals surface area (Å²) in [7, 11) is -0.818. The van der Waals surface area contributed by atoms with Crippen LogP contribution < -0.4 is 37.8 Å². The van der Waals surface area contributed by atoms with Crippen molar-refractivity contribution < 1.29 is 145 Å². The number of hydrogen-bond acceptors (Lipinski definition) is 17. The SMILES string of the molecule is C.C.C#CC.CCC(CO)COc1ccc(C(F)(F)F)cc1.CCC(COc1ccc(C(F)(F)F)cc1)COS(C)(=O)=O.CCC(COc1ccc(C(F)(F)F)cc1)CSc1ccc(CC(=O)O)cc1Cl.CCC(COc1ccc(C(F)(F)F)cc1)CSc1ccc(CC(=O)OC)cc1Cl.COC(=O)Cc1ccc(S)c(Cl)c1.[HH].[HH].[Li+].[OH-]. The van der Waals surface area contributed by atoms with Gasteiger partial charge in [0.15, 0.2) is 0 Å². The first kappa shape index (κ1) is 112. The van der Waals surface area contributed by atoms with E-state index in [0.717, 1.165) is 106 Å². The molecule has 0 radical (unpaired) electrons. The Morgan fingerprint density at radius 2 is 0.757 bits per heavy atom. The Morgan fingerprint density at radius 1 is 0.487 bits per heavy atom. The molecule has 0 spiro atoms. The summed E-state index contributed by atoms with van der Waals surface area (Å²) in [6, 6.07) is 34.1. The smallest absolute Gasteiger partial charge is 0.870 e. The van der Waals surface area contributed by atoms with Crippen LogP contribution in [0.4, 0.5) is 52.7 Å². The summed E-state index contributed by atoms with van der Waals surface area (Å²) in [5, 5.41) is 19.4. The fraction of sp³-hybridized carbons (Fsp3) is 0.412. The molecule has 0 aromatic heterocycles. The molecule has 0 aliphatic rings. The van der Waals surface area contributed by atoms with Crippen LogP contribution in [-0.2, 0) is 82.1 Å². The van der Waals surface area contributed by atoms with E-state index in [1.807, 2.05) is 39.8 Å². The van der Waals surface area contributed by atoms with Gasteiger partial charge in [0.05, 0.1) is 110 Å². The summed E-state index contributed by atoms with van der Waals surface area (Å²) in [5.74, 6) is 3.90. The molecule has 4 atom stereocenters. The van der Waals surface area contributed by atoms with Gasteiger partial charge < -0.3 is 44.1 Å². The molecule has 0 aliphatic carbocycles. The maximum Gasteiger partial charge on any atom is 1.00 e. The average molecular weight is 1770 g/mol. The zero-order chi connectivity index (χ0) is 83.7. The number of esters is 2. The summed E-state index contributed by atoms with van der Waals surface area (Å²) in [4.78, 5) is 35.4. The molecule has 0 heterocycles. The number of halogens is 15. The molecule has 4 unspecified atom stereocenters. The molecule has 35 heteroatoms. The topological polar surface area (TPSA) is 220 Å². The maximum atomic E-state index is 12.6. The van der Waals surface area contributed by atoms with Gasteiger partial charge in [-0.2, -0.15) is 61.1 Å². The first-order valence-corrected chi connectivity index (χ1v) is 39.1. The summed E-state index contributed by atoms with van der Waals surface area (Å²) >= 11 is 25.6. The second-order valence-corrected chi connectivity index (χ2v) is 29.4. The number of thiol groups is 1. The summed E-state index contributed by atoms with van der Waals surface area (Å²) in [6.45, 7) is 10.7. The Hall–Kier alpha value is -6.78. The number of rotatable bonds is 32. The molecule has 7 rings (SSSR count). The Balaban J connectivity index is -0.000000447. The normalized spacial score (nSPS) is 11.9. The number of thioether (sulfide) groups is 2. The Morgan fingerprint density at radius 3 is 1.00 bits per heavy atom. The van der Waals surface area contributed by atoms with Crippen LogP contribution in [0.2, 0.25) is 15.1 Å². The molecule has 0 amide bonds. The quantitative estimate of drug-likeness (QED) is 0.00679. The molecule has 15 nitrogen and oxygen atoms in total. The Kier molecular flexibility index (Phi) is 56.0. The standard InChI is InChI=1S/C21H22ClF3O3S.C20H20ClF3O3S.C13H17F3O4S.C12H15F3O2.C9H9ClO2S.C3H4.2CH4.Li.H2O.2H2/c1-3-14(12-28-17-7-5-16(6-8-17)21(23,24)25)13-29-19-9-4-15(10-18(19)22)11-20(26)27-2;1-2-13(11-27-16-6-4-15(5-7-16)20(22,23)24)12-28-18-8-3-14(9-17(18)21)10-19(25)26;1-3-10(9-20-21(2,17)18)8-19-12-6-4-11(5-7-12)13(14,15)16;1-2-9(7-16)8-17-11-5-3-10(4-6-11)12(13,14)15;1-12-9(11)5-6-2-3-8(13)7(10)4-6;1-3-2;;;;;;/h4-10,14H,3,11-13H2,1-2H3;3-9,13H,2,10-12H2,1H3,(H,25,26);4-7,10H,3,8-9H2,1-2H3;3-6,9,16H,2,7-8H2,1H3;2-4,13H,5H2,1H3;1H,2H3;2*1H4;;1H2;2*1H/q;;;;;;;;+1;;;/p-1. The average Bonchev–Trinajstić information content (AvgIpc) is 0.881. The van der Waals surface area contributed by atoms with Crippen LogP contribution in [-0.4, -0.2) is 114 Å². The number of aliphatic carboxylic acids is 1. The van der Waals surface area contributed by atoms with E-state index in [1.54, 1.807) is 72.9 Å². The van der Waals surface area contributed by atoms with Crippen LogP contribution in [0.5, 0.6) is 23.0 Å². The zero-order valence-electron chi connectivity index (χ0n) is 63.0. The molecule has 3 N–H and O–H groups in total. The maximum absolute atomic E-state index is 12.6. The van der Waals surface area contributed by atoms with Gasteiger partial charge in [0.2, 0.25) is 0 Å². The van der Waals surface area contributed by atoms with Crippen molar-refractivity contribution in [3.8, 4) is 35.3 Å². The van der Waals surface area contributed by atoms with Gasteiger partial charge in [-0.3, -0.25) is 18.6 Å². The number of carboxylic acid groups (broad SMARTS) is 1. The molecule has 640 valence electrons. The van der Waals surface area contributed by atoms with Gasteiger partial charge in [-0.25, -0.2) is 0 Å². The van der Waals surface area contributed by atoms with E-state index in [9.17, 15) is 75.5 Å². The minimum absolute atomic E-state index is 0. The van der Waals surface area contributed by atoms with E-state index >= 15 is 0 Å². The van der Waals surface area contributed by atoms with Crippen molar-refractivity contribution in [2.24, 2.45) is 23.7 Å². The fourth-order valence-electron chi connectivity index (χ4n) is 8.46. The van der Waals surface area contributed by atoms with E-state index in [4.69, 9.17) is 64.0 Å². The van der Waals surface area contributed by atoms with Crippen molar-refractivity contribution in [3.63, 3.8) is 0 Å². The largest absolute Gasteiger partial charge is 1.00 e. The van der Waals surface area contributed by atoms with Crippen molar-refractivity contribution in [2.75, 3.05) is 71.6 Å². The number of terminal acetylenes is 1. The number of hydrogen-bond donors (Lipinski definition) is 3. The monoisotopic (exact) mass is 1770 g/mol. The molecule has 0 saturated heterocycles. The first-order valence-electron chi connectivity index (χ1n) is 33.7. The molecule has 7 aromatic rings. The molecular weight excluding hydrogens is 1670 g/mol. The van der Waals surface area contributed by atoms with Crippen molar-refractivity contribution in [1.82, 2.24) is 0 Å². The van der Waals surface area contributed by atoms with Crippen LogP contribution >= 0.6 is 71.0 Å². The number of carbonyl (C=O) groups excluding carboxylic acids is 2. The molecular formula is C80H100Cl3F12LiO15S4. The molecule has 0 fully saturated rings. The molecule has 0 bridgehead atoms. The first-order chi connectivity index (χ1) is 52.0. The Labute approximate surface area is 709 Å². The molecule has 7 aromatic carbocycles. The predicted molar refractivity (Wildman–Crippen MR) is 431 cm³/mol. The number of carbonyl (C=O) groups is 3. The van der Waals surface area contributed by atoms with E-state index in [1.165, 1.54) is 62.8 Å². The predicted octanol–water partition coefficient (Wildman–Crippen LogP) is 20.2. The van der Waals surface area contributed by atoms with E-state index in [0.29, 0.717) is 74.8 Å². The number of aliphatic hydroxyl groups excluding tert-OH is 1. The van der Waals surface area contributed by atoms with Crippen LogP contribution in [0.15, 0.2) is 166 Å². The van der Waals surface area contributed by atoms with E-state index < -0.39 is 63.0 Å². The van der Waals surface area contributed by atoms with Gasteiger partial charge in [-0.15, -0.1) is 48.5 Å². The van der Waals surface area contributed by atoms with Crippen LogP contribution in [0.3, 0.4) is 0 Å². The van der Waals surface area contributed by atoms with Crippen LogP contribution in [0.25, 0.3) is 0 Å². The van der Waals surface area contributed by atoms with Crippen molar-refractivity contribution >= 4 is 99.0 Å². The third-order valence-electron chi connectivity index (χ3n) is 15.2. The minimum atomic E-state index is -4.38. The number of benzene rings is 7. The van der Waals surface area contributed by atoms with Gasteiger partial charge >= 0.3 is 61.5 Å². The van der Waals surface area contributed by atoms with Crippen LogP contribution in [0, 0.1) is 36.0 Å². The third kappa shape index (κ3) is 47.4. The molecule has 115 heavy (non-hydrogen) atoms. The number of methoxy groups -OCH3 is 2. The fourth-order valence-corrected chi connectivity index (χ4v) is 12.2. The van der Waals surface area contributed by atoms with Gasteiger partial charge in [0.25, 0.3) is 10.1 Å². The second-order valence-electron chi connectivity index (χ2n) is 23.9. The number of ether oxygens (including phenoxy) is 6. The number of aliphatic hydroxyl groups is 1. The van der Waals surface area contributed by atoms with E-state index in [2.05, 4.69) is 38.6 Å². The number of alkyl halides is 12. The Bertz CT molecular complexity index is 4080. The van der Waals surface area contributed by atoms with Crippen molar-refractivity contribution in [1.29, 1.82) is 0 Å².